The van der Waals surface area contributed by atoms with Crippen LogP contribution in [0.1, 0.15) is 46.1 Å². The summed E-state index contributed by atoms with van der Waals surface area (Å²) in [6.07, 6.45) is -8.28. The van der Waals surface area contributed by atoms with E-state index >= 15 is 0 Å². The Morgan fingerprint density at radius 1 is 0.925 bits per heavy atom. The number of alkyl halides is 3. The smallest absolute Gasteiger partial charge is 0.339 e. The number of carbonyl (C=O) groups is 4. The van der Waals surface area contributed by atoms with E-state index in [1.807, 2.05) is 0 Å². The van der Waals surface area contributed by atoms with E-state index in [2.05, 4.69) is 0 Å². The van der Waals surface area contributed by atoms with Crippen LogP contribution in [0.2, 0.25) is 0 Å². The number of nitrogens with one attached hydrogen (secondary N) is 1. The summed E-state index contributed by atoms with van der Waals surface area (Å²) in [6, 6.07) is 8.85. The summed E-state index contributed by atoms with van der Waals surface area (Å²) < 4.78 is 31.1. The SMILES string of the molecule is COC(=O)[C@@H]1OC(OC(=N)C(Cl)(Cl)Cl)[C@H](OC(=O)C(C)(C)C)[C@@H](OCc2ccccc2)[C@@H]1OC(=O)CCC(C)=O. The molecule has 0 radical (unpaired) electrons. The Labute approximate surface area is 247 Å². The van der Waals surface area contributed by atoms with Crippen LogP contribution < -0.4 is 0 Å². The molecule has 2 rings (SSSR count). The van der Waals surface area contributed by atoms with Gasteiger partial charge in [0, 0.05) is 6.42 Å². The maximum atomic E-state index is 13.0. The third-order valence-corrected chi connectivity index (χ3v) is 6.02. The summed E-state index contributed by atoms with van der Waals surface area (Å²) in [4.78, 5) is 49.9. The van der Waals surface area contributed by atoms with Crippen LogP contribution in [0.5, 0.6) is 0 Å². The number of ketones is 1. The van der Waals surface area contributed by atoms with Crippen molar-refractivity contribution in [2.45, 2.75) is 81.6 Å². The number of Topliss-reactive ketones (excluding diaryl/α,β-unsaturated/α-hetero) is 1. The van der Waals surface area contributed by atoms with Crippen LogP contribution in [0.25, 0.3) is 0 Å². The first-order valence-corrected chi connectivity index (χ1v) is 13.3. The number of methoxy groups -OCH3 is 1. The van der Waals surface area contributed by atoms with Crippen molar-refractivity contribution in [2.75, 3.05) is 7.11 Å². The molecule has 1 heterocycles. The van der Waals surface area contributed by atoms with Crippen molar-refractivity contribution in [1.82, 2.24) is 0 Å². The molecule has 5 atom stereocenters. The Morgan fingerprint density at radius 3 is 2.08 bits per heavy atom. The Kier molecular flexibility index (Phi) is 12.2. The van der Waals surface area contributed by atoms with Crippen molar-refractivity contribution in [3.05, 3.63) is 35.9 Å². The lowest BCUT2D eigenvalue weighted by Crippen LogP contribution is -2.64. The summed E-state index contributed by atoms with van der Waals surface area (Å²) in [5.41, 5.74) is -0.331. The molecule has 1 aromatic carbocycles. The van der Waals surface area contributed by atoms with Crippen LogP contribution in [0.4, 0.5) is 0 Å². The number of benzene rings is 1. The normalized spacial score (nSPS) is 23.1. The lowest BCUT2D eigenvalue weighted by atomic mass is 9.95. The van der Waals surface area contributed by atoms with Gasteiger partial charge in [0.1, 0.15) is 11.9 Å². The van der Waals surface area contributed by atoms with Gasteiger partial charge in [-0.1, -0.05) is 65.1 Å². The van der Waals surface area contributed by atoms with E-state index in [0.29, 0.717) is 5.56 Å². The predicted octanol–water partition coefficient (Wildman–Crippen LogP) is 4.07. The molecule has 1 aromatic rings. The number of ether oxygens (including phenoxy) is 6. The van der Waals surface area contributed by atoms with Gasteiger partial charge < -0.3 is 33.2 Å². The van der Waals surface area contributed by atoms with Crippen LogP contribution >= 0.6 is 34.8 Å². The lowest BCUT2D eigenvalue weighted by Gasteiger charge is -2.44. The maximum absolute atomic E-state index is 13.0. The first kappa shape index (κ1) is 33.8. The van der Waals surface area contributed by atoms with Gasteiger partial charge in [0.25, 0.3) is 3.79 Å². The fourth-order valence-corrected chi connectivity index (χ4v) is 3.53. The molecule has 0 spiro atoms. The number of esters is 3. The summed E-state index contributed by atoms with van der Waals surface area (Å²) >= 11 is 17.4. The summed E-state index contributed by atoms with van der Waals surface area (Å²) in [5.74, 6) is -3.73. The summed E-state index contributed by atoms with van der Waals surface area (Å²) in [7, 11) is 1.07. The van der Waals surface area contributed by atoms with Gasteiger partial charge in [-0.05, 0) is 33.3 Å². The highest BCUT2D eigenvalue weighted by Gasteiger charge is 2.56. The van der Waals surface area contributed by atoms with Crippen molar-refractivity contribution in [3.8, 4) is 0 Å². The van der Waals surface area contributed by atoms with Crippen LogP contribution in [-0.4, -0.2) is 71.2 Å². The maximum Gasteiger partial charge on any atom is 0.339 e. The molecule has 1 fully saturated rings. The van der Waals surface area contributed by atoms with Gasteiger partial charge in [0.15, 0.2) is 18.3 Å². The minimum atomic E-state index is -2.33. The van der Waals surface area contributed by atoms with Gasteiger partial charge in [-0.25, -0.2) is 4.79 Å². The second-order valence-electron chi connectivity index (χ2n) is 9.93. The van der Waals surface area contributed by atoms with E-state index < -0.39 is 63.7 Å². The van der Waals surface area contributed by atoms with Crippen LogP contribution in [0, 0.1) is 10.8 Å². The molecule has 0 aliphatic carbocycles. The number of rotatable bonds is 10. The third kappa shape index (κ3) is 9.88. The molecule has 40 heavy (non-hydrogen) atoms. The molecule has 1 N–H and O–H groups in total. The summed E-state index contributed by atoms with van der Waals surface area (Å²) in [6.45, 7) is 6.00. The topological polar surface area (TPSA) is 148 Å². The minimum absolute atomic E-state index is 0.0842. The molecular weight excluding hydrogens is 593 g/mol. The van der Waals surface area contributed by atoms with Crippen molar-refractivity contribution < 1.29 is 47.6 Å². The average Bonchev–Trinajstić information content (AvgIpc) is 2.87. The molecule has 1 saturated heterocycles. The number of hydrogen-bond donors (Lipinski definition) is 1. The van der Waals surface area contributed by atoms with Crippen LogP contribution in [0.3, 0.4) is 0 Å². The van der Waals surface area contributed by atoms with Crippen LogP contribution in [0.15, 0.2) is 30.3 Å². The quantitative estimate of drug-likeness (QED) is 0.133. The Hall–Kier alpha value is -2.44. The van der Waals surface area contributed by atoms with Gasteiger partial charge in [-0.2, -0.15) is 0 Å². The molecule has 0 saturated carbocycles. The van der Waals surface area contributed by atoms with E-state index in [4.69, 9.17) is 68.6 Å². The van der Waals surface area contributed by atoms with E-state index in [1.165, 1.54) is 6.92 Å². The molecule has 1 aliphatic rings. The van der Waals surface area contributed by atoms with Gasteiger partial charge in [0.2, 0.25) is 12.2 Å². The highest BCUT2D eigenvalue weighted by atomic mass is 35.6. The molecule has 222 valence electrons. The zero-order chi connectivity index (χ0) is 30.3. The summed E-state index contributed by atoms with van der Waals surface area (Å²) in [5, 5.41) is 8.04. The predicted molar refractivity (Wildman–Crippen MR) is 144 cm³/mol. The third-order valence-electron chi connectivity index (χ3n) is 5.51. The second kappa shape index (κ2) is 14.5. The van der Waals surface area contributed by atoms with Gasteiger partial charge in [-0.15, -0.1) is 0 Å². The molecule has 1 unspecified atom stereocenters. The average molecular weight is 625 g/mol. The van der Waals surface area contributed by atoms with E-state index in [9.17, 15) is 19.2 Å². The minimum Gasteiger partial charge on any atom is -0.467 e. The van der Waals surface area contributed by atoms with Crippen molar-refractivity contribution in [2.24, 2.45) is 5.41 Å². The zero-order valence-electron chi connectivity index (χ0n) is 22.6. The van der Waals surface area contributed by atoms with Crippen LogP contribution in [-0.2, 0) is 54.2 Å². The number of hydrogen-bond acceptors (Lipinski definition) is 11. The molecule has 1 aliphatic heterocycles. The zero-order valence-corrected chi connectivity index (χ0v) is 24.9. The van der Waals surface area contributed by atoms with E-state index in [1.54, 1.807) is 51.1 Å². The largest absolute Gasteiger partial charge is 0.467 e. The van der Waals surface area contributed by atoms with Gasteiger partial charge in [-0.3, -0.25) is 15.0 Å². The first-order valence-electron chi connectivity index (χ1n) is 12.2. The lowest BCUT2D eigenvalue weighted by molar-refractivity contribution is -0.293. The van der Waals surface area contributed by atoms with Gasteiger partial charge >= 0.3 is 17.9 Å². The van der Waals surface area contributed by atoms with E-state index in [0.717, 1.165) is 7.11 Å². The second-order valence-corrected chi connectivity index (χ2v) is 12.2. The Bertz CT molecular complexity index is 1070. The number of carbonyl (C=O) groups excluding carboxylic acids is 4. The van der Waals surface area contributed by atoms with Gasteiger partial charge in [0.05, 0.1) is 25.6 Å². The molecule has 0 amide bonds. The number of halogens is 3. The van der Waals surface area contributed by atoms with Crippen molar-refractivity contribution in [3.63, 3.8) is 0 Å². The van der Waals surface area contributed by atoms with Crippen molar-refractivity contribution in [1.29, 1.82) is 5.41 Å². The van der Waals surface area contributed by atoms with E-state index in [-0.39, 0.29) is 25.2 Å². The Morgan fingerprint density at radius 2 is 1.55 bits per heavy atom. The monoisotopic (exact) mass is 623 g/mol. The molecular formula is C26H32Cl3NO10. The molecule has 0 bridgehead atoms. The molecule has 11 nitrogen and oxygen atoms in total. The fraction of sp³-hybridized carbons (Fsp3) is 0.577. The first-order chi connectivity index (χ1) is 18.5. The fourth-order valence-electron chi connectivity index (χ4n) is 3.39. The van der Waals surface area contributed by atoms with Crippen molar-refractivity contribution >= 4 is 64.4 Å². The Balaban J connectivity index is 2.58. The highest BCUT2D eigenvalue weighted by molar-refractivity contribution is 6.76. The standard InChI is InChI=1S/C26H32Cl3NO10/c1-14(31)11-12-16(32)37-18-17(36-13-15-9-7-6-8-10-15)20(39-24(34)25(2,3)4)22(38-19(18)21(33)35-5)40-23(30)26(27,28)29/h6-10,17-20,22,30H,11-13H2,1-5H3/t17-,18-,19+,20+,22?/m0/s1. The molecule has 14 heteroatoms. The molecule has 0 aromatic heterocycles. The highest BCUT2D eigenvalue weighted by Crippen LogP contribution is 2.35.